The van der Waals surface area contributed by atoms with E-state index < -0.39 is 5.97 Å². The molecule has 1 fully saturated rings. The van der Waals surface area contributed by atoms with Gasteiger partial charge in [-0.05, 0) is 31.1 Å². The first kappa shape index (κ1) is 15.0. The van der Waals surface area contributed by atoms with E-state index in [0.29, 0.717) is 19.1 Å². The molecule has 1 aromatic heterocycles. The van der Waals surface area contributed by atoms with Gasteiger partial charge in [-0.2, -0.15) is 0 Å². The number of nitrogens with zero attached hydrogens (tertiary/aromatic N) is 1. The molecule has 1 aliphatic rings. The summed E-state index contributed by atoms with van der Waals surface area (Å²) in [5, 5.41) is 4.74. The molecule has 1 aliphatic carbocycles. The van der Waals surface area contributed by atoms with Crippen molar-refractivity contribution in [2.45, 2.75) is 33.6 Å². The van der Waals surface area contributed by atoms with Crippen molar-refractivity contribution >= 4 is 23.2 Å². The fraction of sp³-hybridized carbons (Fsp3) is 0.643. The van der Waals surface area contributed by atoms with Gasteiger partial charge in [-0.1, -0.05) is 13.8 Å². The lowest BCUT2D eigenvalue weighted by Crippen LogP contribution is -2.32. The minimum absolute atomic E-state index is 0.219. The summed E-state index contributed by atoms with van der Waals surface area (Å²) in [4.78, 5) is 27.5. The number of nitrogens with one attached hydrogen (secondary N) is 1. The number of carbonyl (C=O) groups is 2. The third-order valence-corrected chi connectivity index (χ3v) is 4.73. The first-order valence-electron chi connectivity index (χ1n) is 6.89. The van der Waals surface area contributed by atoms with Crippen molar-refractivity contribution < 1.29 is 14.3 Å². The van der Waals surface area contributed by atoms with Crippen LogP contribution in [0.3, 0.4) is 0 Å². The van der Waals surface area contributed by atoms with Gasteiger partial charge < -0.3 is 10.1 Å². The van der Waals surface area contributed by atoms with Crippen LogP contribution in [-0.4, -0.2) is 30.0 Å². The number of hydrogen-bond acceptors (Lipinski definition) is 5. The maximum atomic E-state index is 12.0. The molecule has 20 heavy (non-hydrogen) atoms. The van der Waals surface area contributed by atoms with E-state index >= 15 is 0 Å². The molecule has 0 unspecified atom stereocenters. The average molecular weight is 296 g/mol. The van der Waals surface area contributed by atoms with Crippen LogP contribution in [0.15, 0.2) is 5.38 Å². The van der Waals surface area contributed by atoms with E-state index in [2.05, 4.69) is 24.1 Å². The van der Waals surface area contributed by atoms with E-state index in [0.717, 1.165) is 24.2 Å². The van der Waals surface area contributed by atoms with Crippen LogP contribution in [0.25, 0.3) is 0 Å². The standard InChI is InChI=1S/C14H20N2O3S/c1-4-19-13(18)12-16-10(7-20-12)11(17)15-8-14(5-6-14)9(2)3/h7,9H,4-6,8H2,1-3H3,(H,15,17). The van der Waals surface area contributed by atoms with E-state index in [9.17, 15) is 9.59 Å². The predicted octanol–water partition coefficient (Wildman–Crippen LogP) is 2.49. The molecular weight excluding hydrogens is 276 g/mol. The van der Waals surface area contributed by atoms with E-state index in [1.54, 1.807) is 12.3 Å². The molecule has 1 N–H and O–H groups in total. The zero-order chi connectivity index (χ0) is 14.8. The Balaban J connectivity index is 1.92. The summed E-state index contributed by atoms with van der Waals surface area (Å²) in [6, 6.07) is 0. The predicted molar refractivity (Wildman–Crippen MR) is 76.9 cm³/mol. The molecule has 0 aromatic carbocycles. The number of ether oxygens (including phenoxy) is 1. The highest BCUT2D eigenvalue weighted by atomic mass is 32.1. The van der Waals surface area contributed by atoms with Crippen molar-refractivity contribution in [3.63, 3.8) is 0 Å². The van der Waals surface area contributed by atoms with Gasteiger partial charge in [-0.15, -0.1) is 11.3 Å². The van der Waals surface area contributed by atoms with Gasteiger partial charge in [0.15, 0.2) is 0 Å². The molecular formula is C14H20N2O3S. The van der Waals surface area contributed by atoms with Gasteiger partial charge in [0.05, 0.1) is 6.61 Å². The Labute approximate surface area is 122 Å². The Kier molecular flexibility index (Phi) is 4.42. The summed E-state index contributed by atoms with van der Waals surface area (Å²) in [7, 11) is 0. The zero-order valence-corrected chi connectivity index (χ0v) is 12.9. The maximum absolute atomic E-state index is 12.0. The second-order valence-corrected chi connectivity index (χ2v) is 6.32. The fourth-order valence-electron chi connectivity index (χ4n) is 2.13. The van der Waals surface area contributed by atoms with Gasteiger partial charge in [0.2, 0.25) is 5.01 Å². The number of rotatable bonds is 6. The van der Waals surface area contributed by atoms with Crippen molar-refractivity contribution in [2.24, 2.45) is 11.3 Å². The molecule has 2 rings (SSSR count). The van der Waals surface area contributed by atoms with Crippen LogP contribution in [-0.2, 0) is 4.74 Å². The molecule has 1 saturated carbocycles. The number of aromatic nitrogens is 1. The number of hydrogen-bond donors (Lipinski definition) is 1. The van der Waals surface area contributed by atoms with Crippen LogP contribution in [0.4, 0.5) is 0 Å². The molecule has 0 aliphatic heterocycles. The van der Waals surface area contributed by atoms with E-state index in [1.807, 2.05) is 0 Å². The molecule has 0 saturated heterocycles. The molecule has 6 heteroatoms. The van der Waals surface area contributed by atoms with Crippen LogP contribution >= 0.6 is 11.3 Å². The molecule has 0 spiro atoms. The highest BCUT2D eigenvalue weighted by molar-refractivity contribution is 7.11. The third-order valence-electron chi connectivity index (χ3n) is 3.90. The normalized spacial score (nSPS) is 16.0. The third kappa shape index (κ3) is 3.17. The molecule has 1 amide bonds. The van der Waals surface area contributed by atoms with E-state index in [-0.39, 0.29) is 22.0 Å². The Morgan fingerprint density at radius 3 is 2.75 bits per heavy atom. The van der Waals surface area contributed by atoms with Crippen LogP contribution in [0.1, 0.15) is 53.9 Å². The maximum Gasteiger partial charge on any atom is 0.367 e. The van der Waals surface area contributed by atoms with Gasteiger partial charge in [0.1, 0.15) is 5.69 Å². The van der Waals surface area contributed by atoms with Crippen molar-refractivity contribution in [2.75, 3.05) is 13.2 Å². The Bertz CT molecular complexity index is 506. The van der Waals surface area contributed by atoms with Crippen molar-refractivity contribution in [3.8, 4) is 0 Å². The summed E-state index contributed by atoms with van der Waals surface area (Å²) in [5.41, 5.74) is 0.549. The summed E-state index contributed by atoms with van der Waals surface area (Å²) in [5.74, 6) is -0.130. The largest absolute Gasteiger partial charge is 0.461 e. The molecule has 1 aromatic rings. The second kappa shape index (κ2) is 5.91. The van der Waals surface area contributed by atoms with E-state index in [1.165, 1.54) is 0 Å². The lowest BCUT2D eigenvalue weighted by molar-refractivity contribution is 0.0526. The number of esters is 1. The lowest BCUT2D eigenvalue weighted by atomic mass is 9.92. The van der Waals surface area contributed by atoms with Crippen molar-refractivity contribution in [3.05, 3.63) is 16.1 Å². The van der Waals surface area contributed by atoms with Crippen LogP contribution in [0.2, 0.25) is 0 Å². The molecule has 0 radical (unpaired) electrons. The Hall–Kier alpha value is -1.43. The lowest BCUT2D eigenvalue weighted by Gasteiger charge is -2.19. The molecule has 1 heterocycles. The zero-order valence-electron chi connectivity index (χ0n) is 12.1. The van der Waals surface area contributed by atoms with Crippen molar-refractivity contribution in [1.82, 2.24) is 10.3 Å². The summed E-state index contributed by atoms with van der Waals surface area (Å²) in [6.07, 6.45) is 2.33. The second-order valence-electron chi connectivity index (χ2n) is 5.46. The molecule has 5 nitrogen and oxygen atoms in total. The first-order valence-corrected chi connectivity index (χ1v) is 7.77. The summed E-state index contributed by atoms with van der Waals surface area (Å²) in [6.45, 7) is 7.08. The number of thiazole rings is 1. The number of carbonyl (C=O) groups excluding carboxylic acids is 2. The molecule has 0 atom stereocenters. The fourth-order valence-corrected chi connectivity index (χ4v) is 2.82. The average Bonchev–Trinajstić information content (AvgIpc) is 3.04. The molecule has 0 bridgehead atoms. The van der Waals surface area contributed by atoms with Gasteiger partial charge in [0.25, 0.3) is 5.91 Å². The number of amides is 1. The first-order chi connectivity index (χ1) is 9.48. The highest BCUT2D eigenvalue weighted by Crippen LogP contribution is 2.51. The van der Waals surface area contributed by atoms with Gasteiger partial charge >= 0.3 is 5.97 Å². The quantitative estimate of drug-likeness (QED) is 0.819. The van der Waals surface area contributed by atoms with Crippen LogP contribution < -0.4 is 5.32 Å². The summed E-state index contributed by atoms with van der Waals surface area (Å²) < 4.78 is 4.85. The Morgan fingerprint density at radius 1 is 1.50 bits per heavy atom. The topological polar surface area (TPSA) is 68.3 Å². The highest BCUT2D eigenvalue weighted by Gasteiger charge is 2.45. The molecule has 110 valence electrons. The van der Waals surface area contributed by atoms with Crippen molar-refractivity contribution in [1.29, 1.82) is 0 Å². The summed E-state index contributed by atoms with van der Waals surface area (Å²) >= 11 is 1.13. The van der Waals surface area contributed by atoms with Gasteiger partial charge in [-0.3, -0.25) is 4.79 Å². The minimum atomic E-state index is -0.475. The monoisotopic (exact) mass is 296 g/mol. The van der Waals surface area contributed by atoms with Crippen LogP contribution in [0.5, 0.6) is 0 Å². The van der Waals surface area contributed by atoms with Gasteiger partial charge in [0, 0.05) is 11.9 Å². The van der Waals surface area contributed by atoms with Gasteiger partial charge in [-0.25, -0.2) is 9.78 Å². The SMILES string of the molecule is CCOC(=O)c1nc(C(=O)NCC2(C(C)C)CC2)cs1. The smallest absolute Gasteiger partial charge is 0.367 e. The van der Waals surface area contributed by atoms with E-state index in [4.69, 9.17) is 4.74 Å². The Morgan fingerprint density at radius 2 is 2.20 bits per heavy atom. The van der Waals surface area contributed by atoms with Crippen LogP contribution in [0, 0.1) is 11.3 Å². The minimum Gasteiger partial charge on any atom is -0.461 e.